The van der Waals surface area contributed by atoms with Gasteiger partial charge in [-0.1, -0.05) is 146 Å². The average Bonchev–Trinajstić information content (AvgIpc) is 3.23. The van der Waals surface area contributed by atoms with E-state index in [1.807, 2.05) is 18.2 Å². The van der Waals surface area contributed by atoms with Crippen molar-refractivity contribution in [1.82, 2.24) is 15.0 Å². The van der Waals surface area contributed by atoms with Gasteiger partial charge < -0.3 is 0 Å². The first-order valence-corrected chi connectivity index (χ1v) is 17.6. The van der Waals surface area contributed by atoms with Crippen LogP contribution in [0, 0.1) is 0 Å². The van der Waals surface area contributed by atoms with Crippen LogP contribution in [0.2, 0.25) is 0 Å². The summed E-state index contributed by atoms with van der Waals surface area (Å²) >= 11 is 0. The van der Waals surface area contributed by atoms with E-state index in [-0.39, 0.29) is 0 Å². The van der Waals surface area contributed by atoms with E-state index >= 15 is 0 Å². The third kappa shape index (κ3) is 5.19. The Kier molecular flexibility index (Phi) is 7.14. The van der Waals surface area contributed by atoms with Crippen LogP contribution in [0.3, 0.4) is 0 Å². The molecule has 0 N–H and O–H groups in total. The molecule has 10 rings (SSSR count). The van der Waals surface area contributed by atoms with Crippen molar-refractivity contribution in [3.05, 3.63) is 188 Å². The van der Waals surface area contributed by atoms with E-state index in [1.54, 1.807) is 0 Å². The zero-order chi connectivity index (χ0) is 34.4. The zero-order valence-corrected chi connectivity index (χ0v) is 28.2. The molecule has 0 fully saturated rings. The molecule has 0 saturated heterocycles. The first-order valence-electron chi connectivity index (χ1n) is 17.6. The molecule has 0 unspecified atom stereocenters. The van der Waals surface area contributed by atoms with Crippen molar-refractivity contribution in [3.63, 3.8) is 0 Å². The average molecular weight is 662 g/mol. The molecule has 0 aliphatic carbocycles. The summed E-state index contributed by atoms with van der Waals surface area (Å²) in [6.45, 7) is 0. The second-order valence-corrected chi connectivity index (χ2v) is 13.2. The molecule has 3 heterocycles. The normalized spacial score (nSPS) is 11.5. The third-order valence-electron chi connectivity index (χ3n) is 10.0. The van der Waals surface area contributed by atoms with Crippen LogP contribution in [0.5, 0.6) is 0 Å². The molecule has 0 radical (unpaired) electrons. The Balaban J connectivity index is 1.21. The Morgan fingerprint density at radius 1 is 0.288 bits per heavy atom. The highest BCUT2D eigenvalue weighted by Gasteiger charge is 2.17. The first kappa shape index (κ1) is 29.9. The lowest BCUT2D eigenvalue weighted by Gasteiger charge is -2.15. The van der Waals surface area contributed by atoms with E-state index in [4.69, 9.17) is 15.0 Å². The van der Waals surface area contributed by atoms with Crippen LogP contribution in [0.1, 0.15) is 0 Å². The number of pyridine rings is 3. The van der Waals surface area contributed by atoms with Gasteiger partial charge in [-0.05, 0) is 75.5 Å². The minimum Gasteiger partial charge on any atom is -0.248 e. The summed E-state index contributed by atoms with van der Waals surface area (Å²) in [4.78, 5) is 15.7. The predicted octanol–water partition coefficient (Wildman–Crippen LogP) is 12.8. The minimum absolute atomic E-state index is 0.892. The molecule has 0 bridgehead atoms. The van der Waals surface area contributed by atoms with Crippen LogP contribution < -0.4 is 0 Å². The Morgan fingerprint density at radius 3 is 1.56 bits per heavy atom. The Labute approximate surface area is 301 Å². The maximum atomic E-state index is 5.32. The maximum absolute atomic E-state index is 5.32. The maximum Gasteiger partial charge on any atom is 0.0978 e. The van der Waals surface area contributed by atoms with E-state index in [1.165, 1.54) is 10.8 Å². The number of benzene rings is 7. The van der Waals surface area contributed by atoms with E-state index in [0.717, 1.165) is 88.7 Å². The number of fused-ring (bicyclic) bond motifs is 6. The Morgan fingerprint density at radius 2 is 0.846 bits per heavy atom. The van der Waals surface area contributed by atoms with E-state index in [0.29, 0.717) is 0 Å². The van der Waals surface area contributed by atoms with Gasteiger partial charge in [0.25, 0.3) is 0 Å². The number of hydrogen-bond acceptors (Lipinski definition) is 3. The number of aromatic nitrogens is 3. The van der Waals surface area contributed by atoms with Gasteiger partial charge in [0.05, 0.1) is 33.6 Å². The standard InChI is InChI=1S/C49H31N3/c1-4-14-33(15-5-1)43-26-24-38-30-41(40-25-28-44(34-16-6-2-7-17-34)52-49(40)48(38)51-43)36-20-12-21-37(29-36)42-31-46(35-18-8-3-9-19-35)50-45-27-23-32-13-10-11-22-39(32)47(42)45/h1-31H. The molecular weight excluding hydrogens is 631 g/mol. The van der Waals surface area contributed by atoms with Gasteiger partial charge >= 0.3 is 0 Å². The van der Waals surface area contributed by atoms with Crippen LogP contribution in [0.25, 0.3) is 99.5 Å². The highest BCUT2D eigenvalue weighted by Crippen LogP contribution is 2.40. The molecule has 0 aliphatic rings. The summed E-state index contributed by atoms with van der Waals surface area (Å²) in [5.41, 5.74) is 13.4. The van der Waals surface area contributed by atoms with Gasteiger partial charge in [0.15, 0.2) is 0 Å². The fraction of sp³-hybridized carbons (Fsp3) is 0. The van der Waals surface area contributed by atoms with Crippen molar-refractivity contribution in [2.75, 3.05) is 0 Å². The van der Waals surface area contributed by atoms with Gasteiger partial charge in [0.2, 0.25) is 0 Å². The fourth-order valence-corrected chi connectivity index (χ4v) is 7.49. The monoisotopic (exact) mass is 661 g/mol. The molecule has 52 heavy (non-hydrogen) atoms. The summed E-state index contributed by atoms with van der Waals surface area (Å²) in [6.07, 6.45) is 0. The van der Waals surface area contributed by atoms with E-state index in [9.17, 15) is 0 Å². The van der Waals surface area contributed by atoms with Crippen LogP contribution in [-0.2, 0) is 0 Å². The van der Waals surface area contributed by atoms with Gasteiger partial charge in [0.1, 0.15) is 0 Å². The smallest absolute Gasteiger partial charge is 0.0978 e. The van der Waals surface area contributed by atoms with Crippen molar-refractivity contribution in [3.8, 4) is 56.0 Å². The molecular formula is C49H31N3. The summed E-state index contributed by atoms with van der Waals surface area (Å²) < 4.78 is 0. The summed E-state index contributed by atoms with van der Waals surface area (Å²) in [6, 6.07) is 66.2. The second kappa shape index (κ2) is 12.4. The van der Waals surface area contributed by atoms with Crippen LogP contribution >= 0.6 is 0 Å². The summed E-state index contributed by atoms with van der Waals surface area (Å²) in [7, 11) is 0. The van der Waals surface area contributed by atoms with Crippen molar-refractivity contribution >= 4 is 43.5 Å². The molecule has 7 aromatic carbocycles. The number of hydrogen-bond donors (Lipinski definition) is 0. The fourth-order valence-electron chi connectivity index (χ4n) is 7.49. The molecule has 3 nitrogen and oxygen atoms in total. The van der Waals surface area contributed by atoms with Crippen LogP contribution in [-0.4, -0.2) is 15.0 Å². The molecule has 0 saturated carbocycles. The van der Waals surface area contributed by atoms with Gasteiger partial charge in [-0.3, -0.25) is 0 Å². The largest absolute Gasteiger partial charge is 0.248 e. The summed E-state index contributed by atoms with van der Waals surface area (Å²) in [5.74, 6) is 0. The second-order valence-electron chi connectivity index (χ2n) is 13.2. The topological polar surface area (TPSA) is 38.7 Å². The lowest BCUT2D eigenvalue weighted by Crippen LogP contribution is -1.94. The molecule has 0 spiro atoms. The number of rotatable bonds is 5. The van der Waals surface area contributed by atoms with Gasteiger partial charge in [-0.15, -0.1) is 0 Å². The van der Waals surface area contributed by atoms with Crippen LogP contribution in [0.15, 0.2) is 188 Å². The Bertz CT molecular complexity index is 2940. The van der Waals surface area contributed by atoms with E-state index in [2.05, 4.69) is 170 Å². The molecule has 242 valence electrons. The highest BCUT2D eigenvalue weighted by molar-refractivity contribution is 6.15. The molecule has 3 aromatic heterocycles. The first-order chi connectivity index (χ1) is 25.8. The lowest BCUT2D eigenvalue weighted by atomic mass is 9.91. The molecule has 0 amide bonds. The predicted molar refractivity (Wildman–Crippen MR) is 217 cm³/mol. The van der Waals surface area contributed by atoms with Gasteiger partial charge in [0, 0.05) is 32.8 Å². The SMILES string of the molecule is c1ccc(-c2cc(-c3cccc(-c4cc5ccc(-c6ccccc6)nc5c5nc(-c6ccccc6)ccc45)c3)c3c(ccc4ccccc43)n2)cc1. The molecule has 0 aliphatic heterocycles. The number of nitrogens with zero attached hydrogens (tertiary/aromatic N) is 3. The lowest BCUT2D eigenvalue weighted by molar-refractivity contribution is 1.36. The third-order valence-corrected chi connectivity index (χ3v) is 10.0. The zero-order valence-electron chi connectivity index (χ0n) is 28.2. The van der Waals surface area contributed by atoms with Crippen LogP contribution in [0.4, 0.5) is 0 Å². The van der Waals surface area contributed by atoms with Crippen molar-refractivity contribution in [2.45, 2.75) is 0 Å². The van der Waals surface area contributed by atoms with Gasteiger partial charge in [-0.25, -0.2) is 15.0 Å². The highest BCUT2D eigenvalue weighted by atomic mass is 14.8. The van der Waals surface area contributed by atoms with Crippen molar-refractivity contribution < 1.29 is 0 Å². The summed E-state index contributed by atoms with van der Waals surface area (Å²) in [5, 5.41) is 5.67. The molecule has 3 heteroatoms. The quantitative estimate of drug-likeness (QED) is 0.172. The van der Waals surface area contributed by atoms with Crippen molar-refractivity contribution in [2.24, 2.45) is 0 Å². The van der Waals surface area contributed by atoms with E-state index < -0.39 is 0 Å². The molecule has 0 atom stereocenters. The Hall–Kier alpha value is -6.97. The van der Waals surface area contributed by atoms with Gasteiger partial charge in [-0.2, -0.15) is 0 Å². The molecule has 10 aromatic rings. The minimum atomic E-state index is 0.892. The van der Waals surface area contributed by atoms with Crippen molar-refractivity contribution in [1.29, 1.82) is 0 Å².